The van der Waals surface area contributed by atoms with Crippen LogP contribution in [-0.4, -0.2) is 0 Å². The van der Waals surface area contributed by atoms with E-state index in [9.17, 15) is 0 Å². The maximum absolute atomic E-state index is 6.70. The average Bonchev–Trinajstić information content (AvgIpc) is 3.83. The van der Waals surface area contributed by atoms with Crippen LogP contribution in [-0.2, 0) is 0 Å². The molecule has 0 atom stereocenters. The Hall–Kier alpha value is -6.30. The monoisotopic (exact) mass is 648 g/mol. The third kappa shape index (κ3) is 4.44. The Labute approximate surface area is 286 Å². The zero-order valence-corrected chi connectivity index (χ0v) is 27.1. The Morgan fingerprint density at radius 2 is 0.918 bits per heavy atom. The first-order chi connectivity index (χ1) is 24.3. The van der Waals surface area contributed by atoms with Gasteiger partial charge in [0.2, 0.25) is 0 Å². The van der Waals surface area contributed by atoms with E-state index in [-0.39, 0.29) is 0 Å². The van der Waals surface area contributed by atoms with Crippen LogP contribution in [0.3, 0.4) is 0 Å². The number of para-hydroxylation sites is 4. The Morgan fingerprint density at radius 3 is 1.63 bits per heavy atom. The summed E-state index contributed by atoms with van der Waals surface area (Å²) in [6, 6.07) is 59.3. The van der Waals surface area contributed by atoms with Gasteiger partial charge < -0.3 is 18.6 Å². The van der Waals surface area contributed by atoms with Crippen LogP contribution in [0.1, 0.15) is 0 Å². The Kier molecular flexibility index (Phi) is 6.32. The van der Waals surface area contributed by atoms with Crippen LogP contribution >= 0.6 is 11.3 Å². The van der Waals surface area contributed by atoms with E-state index in [4.69, 9.17) is 8.83 Å². The lowest BCUT2D eigenvalue weighted by molar-refractivity contribution is 0.669. The number of thiophene rings is 1. The highest BCUT2D eigenvalue weighted by molar-refractivity contribution is 7.26. The number of fused-ring (bicyclic) bond motifs is 8. The fourth-order valence-corrected chi connectivity index (χ4v) is 8.32. The molecule has 0 saturated carbocycles. The summed E-state index contributed by atoms with van der Waals surface area (Å²) in [6.45, 7) is 0. The van der Waals surface area contributed by atoms with Gasteiger partial charge in [-0.1, -0.05) is 102 Å². The van der Waals surface area contributed by atoms with Crippen molar-refractivity contribution in [2.75, 3.05) is 9.80 Å². The molecule has 3 aromatic heterocycles. The van der Waals surface area contributed by atoms with E-state index in [1.165, 1.54) is 0 Å². The summed E-state index contributed by atoms with van der Waals surface area (Å²) in [4.78, 5) is 5.56. The summed E-state index contributed by atoms with van der Waals surface area (Å²) < 4.78 is 14.2. The summed E-state index contributed by atoms with van der Waals surface area (Å²) >= 11 is 1.70. The lowest BCUT2D eigenvalue weighted by Gasteiger charge is -2.26. The summed E-state index contributed by atoms with van der Waals surface area (Å²) in [7, 11) is 0. The quantitative estimate of drug-likeness (QED) is 0.180. The zero-order chi connectivity index (χ0) is 32.3. The molecule has 5 heteroatoms. The molecule has 232 valence electrons. The van der Waals surface area contributed by atoms with Gasteiger partial charge in [0, 0.05) is 50.4 Å². The molecular weight excluding hydrogens is 621 g/mol. The van der Waals surface area contributed by atoms with Crippen LogP contribution in [0, 0.1) is 0 Å². The minimum Gasteiger partial charge on any atom is -0.456 e. The minimum atomic E-state index is 0.865. The number of hydrogen-bond acceptors (Lipinski definition) is 5. The van der Waals surface area contributed by atoms with Crippen molar-refractivity contribution in [1.29, 1.82) is 0 Å². The molecule has 0 radical (unpaired) electrons. The number of hydrogen-bond donors (Lipinski definition) is 0. The van der Waals surface area contributed by atoms with E-state index >= 15 is 0 Å². The summed E-state index contributed by atoms with van der Waals surface area (Å²) in [5.41, 5.74) is 9.07. The van der Waals surface area contributed by atoms with Crippen molar-refractivity contribution < 1.29 is 8.83 Å². The smallest absolute Gasteiger partial charge is 0.190 e. The van der Waals surface area contributed by atoms with Gasteiger partial charge in [-0.2, -0.15) is 0 Å². The van der Waals surface area contributed by atoms with Crippen molar-refractivity contribution in [3.05, 3.63) is 170 Å². The van der Waals surface area contributed by atoms with E-state index in [2.05, 4.69) is 168 Å². The standard InChI is InChI=1S/C44H28N2O2S/c1-4-14-29(15-5-1)45(30-16-6-2-7-17-30)36-22-13-25-39-42(36)41-35-21-12-23-37(43(35)49-44(41)48-39)46(31-18-8-3-9-19-31)32-26-27-34-33-20-10-11-24-38(33)47-40(34)28-32/h1-28H. The normalized spacial score (nSPS) is 11.7. The van der Waals surface area contributed by atoms with E-state index in [0.717, 1.165) is 87.4 Å². The largest absolute Gasteiger partial charge is 0.456 e. The molecular formula is C44H28N2O2S. The van der Waals surface area contributed by atoms with Crippen molar-refractivity contribution in [1.82, 2.24) is 0 Å². The fourth-order valence-electron chi connectivity index (χ4n) is 7.15. The molecule has 0 aliphatic heterocycles. The first-order valence-corrected chi connectivity index (χ1v) is 17.2. The molecule has 0 amide bonds. The van der Waals surface area contributed by atoms with Gasteiger partial charge in [0.15, 0.2) is 4.90 Å². The average molecular weight is 649 g/mol. The van der Waals surface area contributed by atoms with Gasteiger partial charge in [-0.25, -0.2) is 0 Å². The van der Waals surface area contributed by atoms with Gasteiger partial charge in [-0.15, -0.1) is 0 Å². The molecule has 4 nitrogen and oxygen atoms in total. The van der Waals surface area contributed by atoms with E-state index in [0.29, 0.717) is 0 Å². The number of nitrogens with zero attached hydrogens (tertiary/aromatic N) is 2. The van der Waals surface area contributed by atoms with Crippen LogP contribution in [0.5, 0.6) is 0 Å². The van der Waals surface area contributed by atoms with Crippen molar-refractivity contribution in [3.63, 3.8) is 0 Å². The third-order valence-corrected chi connectivity index (χ3v) is 10.4. The van der Waals surface area contributed by atoms with Gasteiger partial charge in [0.25, 0.3) is 0 Å². The Bertz CT molecular complexity index is 2740. The van der Waals surface area contributed by atoms with Crippen LogP contribution < -0.4 is 9.80 Å². The van der Waals surface area contributed by atoms with Crippen LogP contribution in [0.4, 0.5) is 34.1 Å². The number of anilines is 6. The maximum Gasteiger partial charge on any atom is 0.190 e. The molecule has 0 saturated heterocycles. The van der Waals surface area contributed by atoms with E-state index in [1.54, 1.807) is 11.3 Å². The Balaban J connectivity index is 1.22. The minimum absolute atomic E-state index is 0.865. The molecule has 10 rings (SSSR count). The molecule has 0 N–H and O–H groups in total. The second-order valence-corrected chi connectivity index (χ2v) is 13.1. The lowest BCUT2D eigenvalue weighted by atomic mass is 10.1. The maximum atomic E-state index is 6.70. The van der Waals surface area contributed by atoms with E-state index in [1.807, 2.05) is 12.1 Å². The molecule has 0 aliphatic rings. The van der Waals surface area contributed by atoms with Crippen LogP contribution in [0.15, 0.2) is 179 Å². The SMILES string of the molecule is c1ccc(N(c2ccc3c(c2)oc2ccccc23)c2cccc3c2sc2oc4cccc(N(c5ccccc5)c5ccccc5)c4c23)cc1. The van der Waals surface area contributed by atoms with Crippen molar-refractivity contribution in [2.45, 2.75) is 0 Å². The summed E-state index contributed by atoms with van der Waals surface area (Å²) in [5.74, 6) is 0. The van der Waals surface area contributed by atoms with Crippen molar-refractivity contribution >= 4 is 98.7 Å². The number of benzene rings is 7. The number of rotatable bonds is 6. The first-order valence-electron chi connectivity index (χ1n) is 16.4. The van der Waals surface area contributed by atoms with Crippen LogP contribution in [0.2, 0.25) is 0 Å². The molecule has 0 unspecified atom stereocenters. The second kappa shape index (κ2) is 11.2. The third-order valence-electron chi connectivity index (χ3n) is 9.26. The fraction of sp³-hybridized carbons (Fsp3) is 0. The number of furan rings is 2. The molecule has 0 fully saturated rings. The van der Waals surface area contributed by atoms with Gasteiger partial charge in [0.1, 0.15) is 16.7 Å². The molecule has 10 aromatic rings. The van der Waals surface area contributed by atoms with Gasteiger partial charge in [-0.05, 0) is 72.8 Å². The highest BCUT2D eigenvalue weighted by Crippen LogP contribution is 2.51. The Morgan fingerprint density at radius 1 is 0.367 bits per heavy atom. The zero-order valence-electron chi connectivity index (χ0n) is 26.3. The first kappa shape index (κ1) is 27.8. The molecule has 49 heavy (non-hydrogen) atoms. The van der Waals surface area contributed by atoms with E-state index < -0.39 is 0 Å². The topological polar surface area (TPSA) is 32.8 Å². The predicted molar refractivity (Wildman–Crippen MR) is 206 cm³/mol. The summed E-state index contributed by atoms with van der Waals surface area (Å²) in [6.07, 6.45) is 0. The van der Waals surface area contributed by atoms with Gasteiger partial charge >= 0.3 is 0 Å². The molecule has 0 aliphatic carbocycles. The van der Waals surface area contributed by atoms with Crippen molar-refractivity contribution in [2.24, 2.45) is 0 Å². The van der Waals surface area contributed by atoms with Gasteiger partial charge in [-0.3, -0.25) is 0 Å². The highest BCUT2D eigenvalue weighted by atomic mass is 32.1. The molecule has 0 bridgehead atoms. The second-order valence-electron chi connectivity index (χ2n) is 12.1. The molecule has 3 heterocycles. The van der Waals surface area contributed by atoms with Crippen LogP contribution in [0.25, 0.3) is 53.3 Å². The lowest BCUT2D eigenvalue weighted by Crippen LogP contribution is -2.10. The molecule has 7 aromatic carbocycles. The molecule has 0 spiro atoms. The summed E-state index contributed by atoms with van der Waals surface area (Å²) in [5, 5.41) is 5.63. The van der Waals surface area contributed by atoms with Crippen molar-refractivity contribution in [3.8, 4) is 0 Å². The predicted octanol–water partition coefficient (Wildman–Crippen LogP) is 13.6. The highest BCUT2D eigenvalue weighted by Gasteiger charge is 2.25. The van der Waals surface area contributed by atoms with Gasteiger partial charge in [0.05, 0.1) is 21.5 Å².